The number of allylic oxidation sites excluding steroid dienone is 2. The Morgan fingerprint density at radius 1 is 1.03 bits per heavy atom. The van der Waals surface area contributed by atoms with Gasteiger partial charge in [0.15, 0.2) is 5.78 Å². The number of nitrogens with zero attached hydrogens (tertiary/aromatic N) is 1. The fourth-order valence-electron chi connectivity index (χ4n) is 4.56. The van der Waals surface area contributed by atoms with Crippen LogP contribution in [0.5, 0.6) is 0 Å². The lowest BCUT2D eigenvalue weighted by molar-refractivity contribution is -0.121. The van der Waals surface area contributed by atoms with Crippen LogP contribution in [0, 0.1) is 5.41 Å². The van der Waals surface area contributed by atoms with Gasteiger partial charge in [-0.25, -0.2) is 4.79 Å². The van der Waals surface area contributed by atoms with Gasteiger partial charge in [-0.3, -0.25) is 14.5 Å². The molecule has 0 saturated carbocycles. The zero-order chi connectivity index (χ0) is 22.5. The fraction of sp³-hybridized carbons (Fsp3) is 0.292. The average Bonchev–Trinajstić information content (AvgIpc) is 2.66. The van der Waals surface area contributed by atoms with Crippen molar-refractivity contribution >= 4 is 46.5 Å². The zero-order valence-corrected chi connectivity index (χ0v) is 18.6. The van der Waals surface area contributed by atoms with Gasteiger partial charge in [-0.05, 0) is 53.8 Å². The van der Waals surface area contributed by atoms with Crippen LogP contribution in [0.15, 0.2) is 53.7 Å². The average molecular weight is 458 g/mol. The molecule has 160 valence electrons. The molecule has 5 nitrogen and oxygen atoms in total. The Morgan fingerprint density at radius 3 is 2.23 bits per heavy atom. The number of anilines is 1. The van der Waals surface area contributed by atoms with Crippen molar-refractivity contribution < 1.29 is 19.5 Å². The van der Waals surface area contributed by atoms with E-state index in [-0.39, 0.29) is 29.1 Å². The van der Waals surface area contributed by atoms with Gasteiger partial charge < -0.3 is 5.11 Å². The first kappa shape index (κ1) is 21.6. The minimum Gasteiger partial charge on any atom is -0.478 e. The van der Waals surface area contributed by atoms with Crippen LogP contribution in [0.4, 0.5) is 5.69 Å². The number of hydrogen-bond donors (Lipinski definition) is 1. The Labute approximate surface area is 190 Å². The van der Waals surface area contributed by atoms with Crippen molar-refractivity contribution in [2.75, 3.05) is 4.90 Å². The molecule has 31 heavy (non-hydrogen) atoms. The molecule has 1 heterocycles. The predicted octanol–water partition coefficient (Wildman–Crippen LogP) is 5.86. The summed E-state index contributed by atoms with van der Waals surface area (Å²) in [6.45, 7) is 3.99. The summed E-state index contributed by atoms with van der Waals surface area (Å²) in [6.07, 6.45) is 0.943. The van der Waals surface area contributed by atoms with Gasteiger partial charge in [0.25, 0.3) is 0 Å². The van der Waals surface area contributed by atoms with E-state index < -0.39 is 11.9 Å². The Kier molecular flexibility index (Phi) is 5.44. The van der Waals surface area contributed by atoms with Gasteiger partial charge in [0, 0.05) is 45.8 Å². The van der Waals surface area contributed by atoms with E-state index in [2.05, 4.69) is 0 Å². The third kappa shape index (κ3) is 3.88. The summed E-state index contributed by atoms with van der Waals surface area (Å²) in [6, 6.07) is 11.3. The van der Waals surface area contributed by atoms with Crippen molar-refractivity contribution in [3.05, 3.63) is 74.9 Å². The topological polar surface area (TPSA) is 74.7 Å². The summed E-state index contributed by atoms with van der Waals surface area (Å²) in [5.41, 5.74) is 2.15. The number of amides is 1. The number of ketones is 1. The van der Waals surface area contributed by atoms with Crippen LogP contribution in [0.1, 0.15) is 54.9 Å². The monoisotopic (exact) mass is 457 g/mol. The zero-order valence-electron chi connectivity index (χ0n) is 17.1. The molecule has 1 atom stereocenters. The van der Waals surface area contributed by atoms with E-state index in [0.29, 0.717) is 45.4 Å². The second kappa shape index (κ2) is 7.81. The van der Waals surface area contributed by atoms with E-state index in [9.17, 15) is 19.5 Å². The molecule has 2 aromatic carbocycles. The second-order valence-electron chi connectivity index (χ2n) is 8.77. The molecule has 0 spiro atoms. The molecule has 0 radical (unpaired) electrons. The molecule has 2 aromatic rings. The quantitative estimate of drug-likeness (QED) is 0.626. The number of hydrogen-bond acceptors (Lipinski definition) is 3. The lowest BCUT2D eigenvalue weighted by Crippen LogP contribution is -2.43. The summed E-state index contributed by atoms with van der Waals surface area (Å²) in [7, 11) is 0. The third-order valence-electron chi connectivity index (χ3n) is 5.86. The number of carbonyl (C=O) groups is 3. The summed E-state index contributed by atoms with van der Waals surface area (Å²) < 4.78 is 0. The molecule has 1 N–H and O–H groups in total. The second-order valence-corrected chi connectivity index (χ2v) is 9.59. The normalized spacial score (nSPS) is 20.6. The highest BCUT2D eigenvalue weighted by Crippen LogP contribution is 2.50. The van der Waals surface area contributed by atoms with Crippen LogP contribution in [0.25, 0.3) is 0 Å². The number of aromatic carboxylic acids is 1. The molecule has 2 aliphatic rings. The van der Waals surface area contributed by atoms with Crippen molar-refractivity contribution in [2.24, 2.45) is 5.41 Å². The van der Waals surface area contributed by atoms with Gasteiger partial charge in [-0.15, -0.1) is 0 Å². The highest BCUT2D eigenvalue weighted by molar-refractivity contribution is 6.36. The van der Waals surface area contributed by atoms with Crippen LogP contribution in [-0.2, 0) is 9.59 Å². The number of carbonyl (C=O) groups excluding carboxylic acids is 2. The molecule has 0 fully saturated rings. The minimum absolute atomic E-state index is 0.0214. The summed E-state index contributed by atoms with van der Waals surface area (Å²) in [4.78, 5) is 39.5. The molecule has 1 amide bonds. The summed E-state index contributed by atoms with van der Waals surface area (Å²) >= 11 is 12.9. The Bertz CT molecular complexity index is 1110. The number of halogens is 2. The van der Waals surface area contributed by atoms with Crippen molar-refractivity contribution in [1.29, 1.82) is 0 Å². The lowest BCUT2D eigenvalue weighted by Gasteiger charge is -2.43. The Morgan fingerprint density at radius 2 is 1.65 bits per heavy atom. The van der Waals surface area contributed by atoms with Gasteiger partial charge in [-0.2, -0.15) is 0 Å². The van der Waals surface area contributed by atoms with Gasteiger partial charge in [0.05, 0.1) is 5.56 Å². The van der Waals surface area contributed by atoms with Crippen LogP contribution in [0.2, 0.25) is 10.0 Å². The number of carboxylic acid groups (broad SMARTS) is 1. The number of Topliss-reactive ketones (excluding diaryl/α,β-unsaturated/α-hetero) is 1. The van der Waals surface area contributed by atoms with E-state index in [4.69, 9.17) is 23.2 Å². The van der Waals surface area contributed by atoms with Crippen molar-refractivity contribution in [3.63, 3.8) is 0 Å². The standard InChI is InChI=1S/C24H21Cl2NO4/c1-24(2)11-18-22(19(28)12-24)15(21-16(25)4-3-5-17(21)26)10-20(29)27(18)14-8-6-13(7-9-14)23(30)31/h3-9,15H,10-12H2,1-2H3,(H,30,31). The summed E-state index contributed by atoms with van der Waals surface area (Å²) in [5.74, 6) is -1.76. The molecule has 0 saturated heterocycles. The van der Waals surface area contributed by atoms with E-state index in [1.54, 1.807) is 35.2 Å². The third-order valence-corrected chi connectivity index (χ3v) is 6.52. The first-order valence-electron chi connectivity index (χ1n) is 9.95. The van der Waals surface area contributed by atoms with E-state index >= 15 is 0 Å². The molecule has 7 heteroatoms. The van der Waals surface area contributed by atoms with Crippen LogP contribution in [-0.4, -0.2) is 22.8 Å². The number of carboxylic acids is 1. The molecule has 4 rings (SSSR count). The maximum absolute atomic E-state index is 13.4. The van der Waals surface area contributed by atoms with E-state index in [0.717, 1.165) is 0 Å². The SMILES string of the molecule is CC1(C)CC(=O)C2=C(C1)N(c1ccc(C(=O)O)cc1)C(=O)CC2c1c(Cl)cccc1Cl. The molecule has 0 bridgehead atoms. The highest BCUT2D eigenvalue weighted by Gasteiger charge is 2.45. The van der Waals surface area contributed by atoms with Gasteiger partial charge >= 0.3 is 5.97 Å². The predicted molar refractivity (Wildman–Crippen MR) is 120 cm³/mol. The number of benzene rings is 2. The summed E-state index contributed by atoms with van der Waals surface area (Å²) in [5, 5.41) is 10.0. The van der Waals surface area contributed by atoms with Crippen LogP contribution >= 0.6 is 23.2 Å². The van der Waals surface area contributed by atoms with E-state index in [1.165, 1.54) is 12.1 Å². The molecule has 1 unspecified atom stereocenters. The Balaban J connectivity index is 1.91. The maximum Gasteiger partial charge on any atom is 0.335 e. The van der Waals surface area contributed by atoms with Crippen LogP contribution in [0.3, 0.4) is 0 Å². The first-order chi connectivity index (χ1) is 14.6. The van der Waals surface area contributed by atoms with Gasteiger partial charge in [-0.1, -0.05) is 43.1 Å². The molecule has 1 aliphatic heterocycles. The molecular formula is C24H21Cl2NO4. The number of rotatable bonds is 3. The van der Waals surface area contributed by atoms with Gasteiger partial charge in [0.2, 0.25) is 5.91 Å². The Hall–Kier alpha value is -2.63. The smallest absolute Gasteiger partial charge is 0.335 e. The van der Waals surface area contributed by atoms with Crippen molar-refractivity contribution in [2.45, 2.75) is 39.0 Å². The van der Waals surface area contributed by atoms with Crippen LogP contribution < -0.4 is 4.90 Å². The highest BCUT2D eigenvalue weighted by atomic mass is 35.5. The first-order valence-corrected chi connectivity index (χ1v) is 10.7. The van der Waals surface area contributed by atoms with Crippen molar-refractivity contribution in [1.82, 2.24) is 0 Å². The lowest BCUT2D eigenvalue weighted by atomic mass is 9.69. The maximum atomic E-state index is 13.4. The largest absolute Gasteiger partial charge is 0.478 e. The van der Waals surface area contributed by atoms with Gasteiger partial charge in [0.1, 0.15) is 0 Å². The van der Waals surface area contributed by atoms with E-state index in [1.807, 2.05) is 13.8 Å². The fourth-order valence-corrected chi connectivity index (χ4v) is 5.22. The molecule has 0 aromatic heterocycles. The minimum atomic E-state index is -1.04. The molecule has 1 aliphatic carbocycles. The molecular weight excluding hydrogens is 437 g/mol. The van der Waals surface area contributed by atoms with Crippen molar-refractivity contribution in [3.8, 4) is 0 Å².